The number of nitrogens with zero attached hydrogens (tertiary/aromatic N) is 4. The van der Waals surface area contributed by atoms with Gasteiger partial charge in [-0.15, -0.1) is 5.10 Å². The second kappa shape index (κ2) is 8.10. The molecule has 0 spiro atoms. The lowest BCUT2D eigenvalue weighted by Gasteiger charge is -2.14. The highest BCUT2D eigenvalue weighted by Gasteiger charge is 2.20. The molecular formula is C19H20ClN5OS. The van der Waals surface area contributed by atoms with Crippen LogP contribution in [0, 0.1) is 20.8 Å². The van der Waals surface area contributed by atoms with E-state index in [1.165, 1.54) is 17.3 Å². The highest BCUT2D eigenvalue weighted by Crippen LogP contribution is 2.27. The summed E-state index contributed by atoms with van der Waals surface area (Å²) in [5.74, 6) is -0.139. The molecule has 0 aliphatic heterocycles. The number of rotatable bonds is 5. The molecule has 0 radical (unpaired) electrons. The summed E-state index contributed by atoms with van der Waals surface area (Å²) in [5.41, 5.74) is 4.76. The van der Waals surface area contributed by atoms with Crippen LogP contribution >= 0.6 is 23.4 Å². The van der Waals surface area contributed by atoms with Crippen LogP contribution in [0.1, 0.15) is 23.6 Å². The first-order chi connectivity index (χ1) is 12.9. The summed E-state index contributed by atoms with van der Waals surface area (Å²) in [4.78, 5) is 12.6. The molecule has 1 atom stereocenters. The van der Waals surface area contributed by atoms with Crippen LogP contribution in [-0.4, -0.2) is 31.4 Å². The van der Waals surface area contributed by atoms with Gasteiger partial charge in [0.1, 0.15) is 0 Å². The smallest absolute Gasteiger partial charge is 0.237 e. The summed E-state index contributed by atoms with van der Waals surface area (Å²) in [6.07, 6.45) is 0. The topological polar surface area (TPSA) is 72.7 Å². The number of amides is 1. The molecule has 1 aromatic heterocycles. The van der Waals surface area contributed by atoms with Gasteiger partial charge >= 0.3 is 0 Å². The molecule has 1 N–H and O–H groups in total. The molecule has 3 rings (SSSR count). The van der Waals surface area contributed by atoms with Gasteiger partial charge in [-0.05, 0) is 79.1 Å². The van der Waals surface area contributed by atoms with Crippen molar-refractivity contribution in [2.24, 2.45) is 0 Å². The summed E-state index contributed by atoms with van der Waals surface area (Å²) in [6, 6.07) is 11.4. The van der Waals surface area contributed by atoms with Crippen molar-refractivity contribution >= 4 is 35.0 Å². The van der Waals surface area contributed by atoms with Crippen LogP contribution in [-0.2, 0) is 4.79 Å². The van der Waals surface area contributed by atoms with Gasteiger partial charge in [0.15, 0.2) is 0 Å². The maximum absolute atomic E-state index is 12.6. The van der Waals surface area contributed by atoms with E-state index in [4.69, 9.17) is 11.6 Å². The van der Waals surface area contributed by atoms with E-state index in [9.17, 15) is 4.79 Å². The number of thioether (sulfide) groups is 1. The Balaban J connectivity index is 1.76. The van der Waals surface area contributed by atoms with Gasteiger partial charge in [-0.1, -0.05) is 35.5 Å². The zero-order valence-corrected chi connectivity index (χ0v) is 17.1. The molecule has 0 fully saturated rings. The van der Waals surface area contributed by atoms with Crippen LogP contribution in [0.3, 0.4) is 0 Å². The fourth-order valence-electron chi connectivity index (χ4n) is 2.46. The molecule has 8 heteroatoms. The molecule has 0 bridgehead atoms. The van der Waals surface area contributed by atoms with Crippen LogP contribution < -0.4 is 5.32 Å². The van der Waals surface area contributed by atoms with E-state index in [2.05, 4.69) is 27.8 Å². The molecule has 0 aliphatic carbocycles. The Labute approximate surface area is 167 Å². The summed E-state index contributed by atoms with van der Waals surface area (Å²) < 4.78 is 1.64. The number of aromatic nitrogens is 4. The Kier molecular flexibility index (Phi) is 5.82. The van der Waals surface area contributed by atoms with Gasteiger partial charge in [-0.2, -0.15) is 4.68 Å². The Morgan fingerprint density at radius 3 is 2.70 bits per heavy atom. The molecule has 1 heterocycles. The molecule has 0 unspecified atom stereocenters. The number of tetrazole rings is 1. The van der Waals surface area contributed by atoms with Gasteiger partial charge in [0.2, 0.25) is 11.1 Å². The maximum atomic E-state index is 12.6. The number of hydrogen-bond acceptors (Lipinski definition) is 5. The molecule has 27 heavy (non-hydrogen) atoms. The molecule has 0 saturated heterocycles. The number of nitrogens with one attached hydrogen (secondary N) is 1. The predicted octanol–water partition coefficient (Wildman–Crippen LogP) is 4.36. The number of aryl methyl sites for hydroxylation is 2. The van der Waals surface area contributed by atoms with Gasteiger partial charge in [0.05, 0.1) is 10.9 Å². The number of carbonyl (C=O) groups is 1. The summed E-state index contributed by atoms with van der Waals surface area (Å²) in [7, 11) is 0. The molecule has 2 aromatic carbocycles. The lowest BCUT2D eigenvalue weighted by atomic mass is 10.1. The lowest BCUT2D eigenvalue weighted by molar-refractivity contribution is -0.115. The Morgan fingerprint density at radius 1 is 1.19 bits per heavy atom. The monoisotopic (exact) mass is 401 g/mol. The number of halogens is 1. The van der Waals surface area contributed by atoms with Crippen molar-refractivity contribution in [3.63, 3.8) is 0 Å². The van der Waals surface area contributed by atoms with Crippen molar-refractivity contribution in [2.45, 2.75) is 38.1 Å². The minimum Gasteiger partial charge on any atom is -0.325 e. The largest absolute Gasteiger partial charge is 0.325 e. The fourth-order valence-corrected chi connectivity index (χ4v) is 3.44. The van der Waals surface area contributed by atoms with Crippen LogP contribution in [0.15, 0.2) is 41.6 Å². The number of anilines is 1. The minimum atomic E-state index is -0.389. The highest BCUT2D eigenvalue weighted by atomic mass is 35.5. The Morgan fingerprint density at radius 2 is 1.96 bits per heavy atom. The first kappa shape index (κ1) is 19.4. The first-order valence-corrected chi connectivity index (χ1v) is 9.71. The highest BCUT2D eigenvalue weighted by molar-refractivity contribution is 8.00. The summed E-state index contributed by atoms with van der Waals surface area (Å²) in [5, 5.41) is 15.6. The molecular weight excluding hydrogens is 382 g/mol. The van der Waals surface area contributed by atoms with E-state index in [-0.39, 0.29) is 11.2 Å². The number of benzene rings is 2. The molecule has 6 nitrogen and oxygen atoms in total. The van der Waals surface area contributed by atoms with Crippen molar-refractivity contribution < 1.29 is 4.79 Å². The van der Waals surface area contributed by atoms with Crippen molar-refractivity contribution in [3.8, 4) is 5.69 Å². The van der Waals surface area contributed by atoms with E-state index >= 15 is 0 Å². The van der Waals surface area contributed by atoms with Gasteiger partial charge < -0.3 is 5.32 Å². The van der Waals surface area contributed by atoms with Crippen molar-refractivity contribution in [3.05, 3.63) is 58.1 Å². The van der Waals surface area contributed by atoms with Crippen molar-refractivity contribution in [1.82, 2.24) is 20.2 Å². The minimum absolute atomic E-state index is 0.139. The standard InChI is InChI=1S/C19H20ClN5OS/c1-11-8-9-15(10-12(11)2)25-19(22-23-24-25)27-14(4)18(26)21-17-7-5-6-16(20)13(17)3/h5-10,14H,1-4H3,(H,21,26)/t14-/m0/s1. The number of hydrogen-bond donors (Lipinski definition) is 1. The van der Waals surface area contributed by atoms with E-state index in [0.717, 1.165) is 16.8 Å². The van der Waals surface area contributed by atoms with Gasteiger partial charge in [-0.25, -0.2) is 0 Å². The molecule has 140 valence electrons. The van der Waals surface area contributed by atoms with Crippen LogP contribution in [0.2, 0.25) is 5.02 Å². The molecule has 0 aliphatic rings. The van der Waals surface area contributed by atoms with E-state index in [1.54, 1.807) is 10.7 Å². The van der Waals surface area contributed by atoms with Gasteiger partial charge in [-0.3, -0.25) is 4.79 Å². The quantitative estimate of drug-likeness (QED) is 0.643. The predicted molar refractivity (Wildman–Crippen MR) is 109 cm³/mol. The van der Waals surface area contributed by atoms with Crippen LogP contribution in [0.4, 0.5) is 5.69 Å². The van der Waals surface area contributed by atoms with E-state index < -0.39 is 0 Å². The second-order valence-electron chi connectivity index (χ2n) is 6.30. The third-order valence-corrected chi connectivity index (χ3v) is 5.80. The van der Waals surface area contributed by atoms with Gasteiger partial charge in [0, 0.05) is 10.7 Å². The zero-order valence-electron chi connectivity index (χ0n) is 15.5. The van der Waals surface area contributed by atoms with E-state index in [1.807, 2.05) is 51.1 Å². The molecule has 1 amide bonds. The van der Waals surface area contributed by atoms with E-state index in [0.29, 0.717) is 15.9 Å². The average Bonchev–Trinajstić information content (AvgIpc) is 3.09. The second-order valence-corrected chi connectivity index (χ2v) is 8.02. The average molecular weight is 402 g/mol. The van der Waals surface area contributed by atoms with Crippen molar-refractivity contribution in [1.29, 1.82) is 0 Å². The zero-order chi connectivity index (χ0) is 19.6. The van der Waals surface area contributed by atoms with Crippen LogP contribution in [0.5, 0.6) is 0 Å². The third-order valence-electron chi connectivity index (χ3n) is 4.35. The maximum Gasteiger partial charge on any atom is 0.237 e. The van der Waals surface area contributed by atoms with Gasteiger partial charge in [0.25, 0.3) is 0 Å². The molecule has 3 aromatic rings. The third kappa shape index (κ3) is 4.31. The normalized spacial score (nSPS) is 12.0. The summed E-state index contributed by atoms with van der Waals surface area (Å²) in [6.45, 7) is 7.79. The Hall–Kier alpha value is -2.38. The SMILES string of the molecule is Cc1ccc(-n2nnnc2S[C@@H](C)C(=O)Nc2cccc(Cl)c2C)cc1C. The Bertz CT molecular complexity index is 988. The number of carbonyl (C=O) groups excluding carboxylic acids is 1. The van der Waals surface area contributed by atoms with Crippen molar-refractivity contribution in [2.75, 3.05) is 5.32 Å². The first-order valence-electron chi connectivity index (χ1n) is 8.45. The van der Waals surface area contributed by atoms with Crippen LogP contribution in [0.25, 0.3) is 5.69 Å². The lowest BCUT2D eigenvalue weighted by Crippen LogP contribution is -2.23. The summed E-state index contributed by atoms with van der Waals surface area (Å²) >= 11 is 7.42. The fraction of sp³-hybridized carbons (Fsp3) is 0.263. The molecule has 0 saturated carbocycles.